The molecule has 0 saturated heterocycles. The summed E-state index contributed by atoms with van der Waals surface area (Å²) in [4.78, 5) is 6.24. The predicted molar refractivity (Wildman–Crippen MR) is 125 cm³/mol. The third-order valence-electron chi connectivity index (χ3n) is 6.84. The number of anilines is 2. The Hall–Kier alpha value is -3.67. The smallest absolute Gasteiger partial charge is 0.322 e. The number of rotatable bonds is 1. The number of nitrogens with zero attached hydrogens (tertiary/aromatic N) is 3. The highest BCUT2D eigenvalue weighted by Crippen LogP contribution is 2.57. The lowest BCUT2D eigenvalue weighted by Crippen LogP contribution is -2.37. The van der Waals surface area contributed by atoms with Gasteiger partial charge in [0.05, 0.1) is 10.9 Å². The first kappa shape index (κ1) is 23.1. The predicted octanol–water partition coefficient (Wildman–Crippen LogP) is 5.67. The van der Waals surface area contributed by atoms with Crippen molar-refractivity contribution in [2.24, 2.45) is 5.41 Å². The van der Waals surface area contributed by atoms with Crippen LogP contribution in [0.15, 0.2) is 36.4 Å². The van der Waals surface area contributed by atoms with Crippen LogP contribution in [0, 0.1) is 33.9 Å². The number of hydrogen-bond acceptors (Lipinski definition) is 4. The highest BCUT2D eigenvalue weighted by molar-refractivity contribution is 5.98. The van der Waals surface area contributed by atoms with E-state index in [4.69, 9.17) is 10.8 Å². The monoisotopic (exact) mass is 481 g/mol. The van der Waals surface area contributed by atoms with E-state index >= 15 is 4.39 Å². The summed E-state index contributed by atoms with van der Waals surface area (Å²) in [5.74, 6) is 5.02. The molecule has 1 atom stereocenters. The van der Waals surface area contributed by atoms with E-state index in [0.717, 1.165) is 5.56 Å². The largest absolute Gasteiger partial charge is 0.405 e. The van der Waals surface area contributed by atoms with E-state index < -0.39 is 17.4 Å². The Morgan fingerprint density at radius 2 is 1.89 bits per heavy atom. The van der Waals surface area contributed by atoms with Gasteiger partial charge in [0.1, 0.15) is 22.9 Å². The first-order valence-electron chi connectivity index (χ1n) is 11.4. The Balaban J connectivity index is 1.71. The van der Waals surface area contributed by atoms with Gasteiger partial charge < -0.3 is 4.90 Å². The van der Waals surface area contributed by atoms with Gasteiger partial charge in [-0.05, 0) is 69.4 Å². The third kappa shape index (κ3) is 3.68. The average Bonchev–Trinajstić information content (AvgIpc) is 3.58. The summed E-state index contributed by atoms with van der Waals surface area (Å²) in [5, 5.41) is 16.7. The van der Waals surface area contributed by atoms with Crippen molar-refractivity contribution >= 4 is 28.2 Å². The van der Waals surface area contributed by atoms with Gasteiger partial charge in [0.25, 0.3) is 0 Å². The lowest BCUT2D eigenvalue weighted by atomic mass is 9.92. The minimum Gasteiger partial charge on any atom is -0.322 e. The number of fused-ring (bicyclic) bond motifs is 2. The van der Waals surface area contributed by atoms with E-state index in [2.05, 4.69) is 16.8 Å². The molecule has 180 valence electrons. The van der Waals surface area contributed by atoms with Gasteiger partial charge in [-0.2, -0.15) is 18.2 Å². The van der Waals surface area contributed by atoms with Crippen molar-refractivity contribution in [2.75, 3.05) is 4.90 Å². The first-order chi connectivity index (χ1) is 16.5. The number of hydrogen-bond donors (Lipinski definition) is 2. The summed E-state index contributed by atoms with van der Waals surface area (Å²) in [6, 6.07) is 9.64. The molecule has 2 heterocycles. The van der Waals surface area contributed by atoms with Gasteiger partial charge in [0, 0.05) is 17.3 Å². The molecule has 0 bridgehead atoms. The van der Waals surface area contributed by atoms with Crippen molar-refractivity contribution in [3.8, 4) is 11.8 Å². The van der Waals surface area contributed by atoms with Gasteiger partial charge in [-0.1, -0.05) is 24.0 Å². The lowest BCUT2D eigenvalue weighted by molar-refractivity contribution is -0.168. The second-order valence-electron chi connectivity index (χ2n) is 9.20. The highest BCUT2D eigenvalue weighted by Gasteiger charge is 2.62. The molecule has 1 fully saturated rings. The molecule has 1 unspecified atom stereocenters. The van der Waals surface area contributed by atoms with Crippen molar-refractivity contribution in [3.05, 3.63) is 59.0 Å². The molecule has 3 aromatic rings. The lowest BCUT2D eigenvalue weighted by Gasteiger charge is -2.37. The number of halogens is 4. The molecular weight excluding hydrogens is 458 g/mol. The molecule has 35 heavy (non-hydrogen) atoms. The van der Waals surface area contributed by atoms with Gasteiger partial charge in [-0.3, -0.25) is 15.4 Å². The average molecular weight is 481 g/mol. The summed E-state index contributed by atoms with van der Waals surface area (Å²) in [6.45, 7) is 3.46. The molecule has 0 spiro atoms. The number of aromatic nitrogens is 2. The summed E-state index contributed by atoms with van der Waals surface area (Å²) >= 11 is 0. The Morgan fingerprint density at radius 3 is 2.54 bits per heavy atom. The van der Waals surface area contributed by atoms with Crippen molar-refractivity contribution in [3.63, 3.8) is 0 Å². The molecule has 0 amide bonds. The van der Waals surface area contributed by atoms with Gasteiger partial charge in [0.2, 0.25) is 5.62 Å². The summed E-state index contributed by atoms with van der Waals surface area (Å²) in [7, 11) is 0. The van der Waals surface area contributed by atoms with Crippen LogP contribution in [0.5, 0.6) is 0 Å². The van der Waals surface area contributed by atoms with Crippen molar-refractivity contribution in [1.82, 2.24) is 9.55 Å². The van der Waals surface area contributed by atoms with Crippen LogP contribution < -0.4 is 10.5 Å². The minimum atomic E-state index is -4.35. The van der Waals surface area contributed by atoms with Crippen molar-refractivity contribution < 1.29 is 17.6 Å². The fraction of sp³-hybridized carbons (Fsp3) is 0.346. The van der Waals surface area contributed by atoms with E-state index in [9.17, 15) is 13.2 Å². The Bertz CT molecular complexity index is 1490. The quantitative estimate of drug-likeness (QED) is 0.204. The van der Waals surface area contributed by atoms with Crippen molar-refractivity contribution in [2.45, 2.75) is 51.7 Å². The Labute approximate surface area is 199 Å². The van der Waals surface area contributed by atoms with Crippen LogP contribution in [-0.4, -0.2) is 27.6 Å². The molecule has 9 heteroatoms. The molecule has 5 rings (SSSR count). The molecular formula is C26H23F4N5. The molecule has 5 nitrogen and oxygen atoms in total. The summed E-state index contributed by atoms with van der Waals surface area (Å²) < 4.78 is 56.6. The number of nitrogens with one attached hydrogen (secondary N) is 2. The van der Waals surface area contributed by atoms with Crippen LogP contribution in [-0.2, 0) is 6.42 Å². The molecule has 1 aromatic heterocycles. The Morgan fingerprint density at radius 1 is 1.17 bits per heavy atom. The summed E-state index contributed by atoms with van der Waals surface area (Å²) in [6.07, 6.45) is -3.07. The molecule has 2 N–H and O–H groups in total. The standard InChI is InChI=1S/C26H23F4N5/c1-15-9-10-18-17(11-12-25(13-14-25)26(28,29)30)5-3-7-20(18)34(15)23-22-19(27)6-4-8-21(22)35(16(2)31)24(32)33-23/h3-8,15,31-32H,9-10,13-14H2,1-2H3. The fourth-order valence-electron chi connectivity index (χ4n) is 4.77. The minimum absolute atomic E-state index is 0.0135. The molecule has 2 aliphatic rings. The fourth-order valence-corrected chi connectivity index (χ4v) is 4.77. The molecule has 1 aliphatic heterocycles. The highest BCUT2D eigenvalue weighted by atomic mass is 19.4. The normalized spacial score (nSPS) is 18.6. The van der Waals surface area contributed by atoms with Crippen LogP contribution in [0.25, 0.3) is 10.9 Å². The second-order valence-corrected chi connectivity index (χ2v) is 9.20. The van der Waals surface area contributed by atoms with Crippen LogP contribution >= 0.6 is 0 Å². The first-order valence-corrected chi connectivity index (χ1v) is 11.4. The van der Waals surface area contributed by atoms with Gasteiger partial charge in [-0.15, -0.1) is 0 Å². The molecule has 0 radical (unpaired) electrons. The van der Waals surface area contributed by atoms with Gasteiger partial charge in [0.15, 0.2) is 0 Å². The van der Waals surface area contributed by atoms with Crippen molar-refractivity contribution in [1.29, 1.82) is 10.8 Å². The maximum absolute atomic E-state index is 15.2. The van der Waals surface area contributed by atoms with Crippen LogP contribution in [0.4, 0.5) is 29.1 Å². The third-order valence-corrected chi connectivity index (χ3v) is 6.84. The number of alkyl halides is 3. The van der Waals surface area contributed by atoms with Crippen LogP contribution in [0.1, 0.15) is 44.2 Å². The zero-order chi connectivity index (χ0) is 25.1. The van der Waals surface area contributed by atoms with E-state index in [1.165, 1.54) is 23.6 Å². The van der Waals surface area contributed by atoms with E-state index in [1.807, 2.05) is 17.9 Å². The summed E-state index contributed by atoms with van der Waals surface area (Å²) in [5.41, 5.74) is 0.218. The van der Waals surface area contributed by atoms with Crippen LogP contribution in [0.2, 0.25) is 0 Å². The maximum Gasteiger partial charge on any atom is 0.405 e. The van der Waals surface area contributed by atoms with Gasteiger partial charge >= 0.3 is 6.18 Å². The Kier molecular flexibility index (Phi) is 5.24. The SMILES string of the molecule is CC(=N)n1c(=N)nc(N2c3cccc(C#CC4(C(F)(F)F)CC4)c3CCC2C)c2c(F)cccc21. The number of benzene rings is 2. The molecule has 1 saturated carbocycles. The zero-order valence-electron chi connectivity index (χ0n) is 19.2. The van der Waals surface area contributed by atoms with Crippen LogP contribution in [0.3, 0.4) is 0 Å². The topological polar surface area (TPSA) is 68.8 Å². The molecule has 1 aliphatic carbocycles. The molecule has 2 aromatic carbocycles. The van der Waals surface area contributed by atoms with Gasteiger partial charge in [-0.25, -0.2) is 4.39 Å². The second kappa shape index (κ2) is 7.94. The maximum atomic E-state index is 15.2. The zero-order valence-corrected chi connectivity index (χ0v) is 19.2. The van der Waals surface area contributed by atoms with E-state index in [-0.39, 0.29) is 41.5 Å². The van der Waals surface area contributed by atoms with E-state index in [0.29, 0.717) is 29.6 Å². The van der Waals surface area contributed by atoms with E-state index in [1.54, 1.807) is 18.2 Å².